The van der Waals surface area contributed by atoms with Crippen LogP contribution in [0.2, 0.25) is 0 Å². The normalized spacial score (nSPS) is 18.0. The van der Waals surface area contributed by atoms with Gasteiger partial charge in [0, 0.05) is 19.0 Å². The second-order valence-corrected chi connectivity index (χ2v) is 8.02. The molecule has 1 unspecified atom stereocenters. The SMILES string of the molecule is CCS(=O)(=O)N1CCC(C(=O)NC(C(=O)O)c2ccccc2)CC1. The molecule has 2 rings (SSSR count). The molecular formula is C16H22N2O5S. The molecule has 0 radical (unpaired) electrons. The van der Waals surface area contributed by atoms with Crippen LogP contribution in [-0.2, 0) is 19.6 Å². The highest BCUT2D eigenvalue weighted by molar-refractivity contribution is 7.89. The first-order valence-electron chi connectivity index (χ1n) is 7.91. The minimum atomic E-state index is -3.24. The van der Waals surface area contributed by atoms with Crippen LogP contribution in [0.4, 0.5) is 0 Å². The summed E-state index contributed by atoms with van der Waals surface area (Å²) in [6, 6.07) is 7.40. The van der Waals surface area contributed by atoms with Gasteiger partial charge < -0.3 is 10.4 Å². The first-order chi connectivity index (χ1) is 11.3. The van der Waals surface area contributed by atoms with Gasteiger partial charge >= 0.3 is 5.97 Å². The van der Waals surface area contributed by atoms with E-state index in [-0.39, 0.29) is 30.7 Å². The molecule has 1 saturated heterocycles. The Labute approximate surface area is 141 Å². The van der Waals surface area contributed by atoms with Crippen LogP contribution >= 0.6 is 0 Å². The molecule has 8 heteroatoms. The zero-order chi connectivity index (χ0) is 17.7. The van der Waals surface area contributed by atoms with Crippen molar-refractivity contribution in [2.24, 2.45) is 5.92 Å². The van der Waals surface area contributed by atoms with Gasteiger partial charge in [0.05, 0.1) is 5.75 Å². The number of aliphatic carboxylic acids is 1. The first kappa shape index (κ1) is 18.4. The standard InChI is InChI=1S/C16H22N2O5S/c1-2-24(22,23)18-10-8-13(9-11-18)15(19)17-14(16(20)21)12-6-4-3-5-7-12/h3-7,13-14H,2,8-11H2,1H3,(H,17,19)(H,20,21). The number of rotatable bonds is 6. The molecule has 0 aliphatic carbocycles. The molecule has 2 N–H and O–H groups in total. The summed E-state index contributed by atoms with van der Waals surface area (Å²) in [6.07, 6.45) is 0.790. The van der Waals surface area contributed by atoms with E-state index in [1.807, 2.05) is 0 Å². The topological polar surface area (TPSA) is 104 Å². The van der Waals surface area contributed by atoms with Crippen molar-refractivity contribution in [3.8, 4) is 0 Å². The van der Waals surface area contributed by atoms with Crippen molar-refractivity contribution in [1.29, 1.82) is 0 Å². The second-order valence-electron chi connectivity index (χ2n) is 5.76. The van der Waals surface area contributed by atoms with Crippen molar-refractivity contribution in [2.75, 3.05) is 18.8 Å². The lowest BCUT2D eigenvalue weighted by atomic mass is 9.96. The molecule has 132 valence electrons. The van der Waals surface area contributed by atoms with Gasteiger partial charge in [0.25, 0.3) is 0 Å². The number of benzene rings is 1. The van der Waals surface area contributed by atoms with Gasteiger partial charge in [0.1, 0.15) is 0 Å². The van der Waals surface area contributed by atoms with Gasteiger partial charge in [0.15, 0.2) is 6.04 Å². The van der Waals surface area contributed by atoms with Gasteiger partial charge in [-0.25, -0.2) is 17.5 Å². The summed E-state index contributed by atoms with van der Waals surface area (Å²) in [6.45, 7) is 2.17. The number of hydrogen-bond acceptors (Lipinski definition) is 4. The fraction of sp³-hybridized carbons (Fsp3) is 0.500. The molecule has 0 aromatic heterocycles. The average molecular weight is 354 g/mol. The molecule has 0 spiro atoms. The number of carboxylic acid groups (broad SMARTS) is 1. The van der Waals surface area contributed by atoms with Crippen LogP contribution in [0, 0.1) is 5.92 Å². The van der Waals surface area contributed by atoms with Crippen LogP contribution < -0.4 is 5.32 Å². The molecule has 1 aromatic carbocycles. The van der Waals surface area contributed by atoms with E-state index in [2.05, 4.69) is 5.32 Å². The fourth-order valence-electron chi connectivity index (χ4n) is 2.77. The molecular weight excluding hydrogens is 332 g/mol. The van der Waals surface area contributed by atoms with E-state index in [4.69, 9.17) is 0 Å². The highest BCUT2D eigenvalue weighted by Crippen LogP contribution is 2.22. The van der Waals surface area contributed by atoms with Crippen molar-refractivity contribution in [3.63, 3.8) is 0 Å². The van der Waals surface area contributed by atoms with E-state index in [0.717, 1.165) is 0 Å². The Kier molecular flexibility index (Phi) is 5.95. The molecule has 1 aliphatic heterocycles. The molecule has 0 bridgehead atoms. The maximum absolute atomic E-state index is 12.4. The van der Waals surface area contributed by atoms with Crippen LogP contribution in [0.1, 0.15) is 31.4 Å². The van der Waals surface area contributed by atoms with Gasteiger partial charge in [-0.05, 0) is 25.3 Å². The third-order valence-electron chi connectivity index (χ3n) is 4.25. The quantitative estimate of drug-likeness (QED) is 0.793. The first-order valence-corrected chi connectivity index (χ1v) is 9.52. The van der Waals surface area contributed by atoms with Gasteiger partial charge in [0.2, 0.25) is 15.9 Å². The second kappa shape index (κ2) is 7.76. The summed E-state index contributed by atoms with van der Waals surface area (Å²) < 4.78 is 25.1. The third-order valence-corrected chi connectivity index (χ3v) is 6.13. The van der Waals surface area contributed by atoms with E-state index >= 15 is 0 Å². The van der Waals surface area contributed by atoms with Crippen LogP contribution in [0.5, 0.6) is 0 Å². The zero-order valence-electron chi connectivity index (χ0n) is 13.5. The summed E-state index contributed by atoms with van der Waals surface area (Å²) in [5, 5.41) is 11.9. The largest absolute Gasteiger partial charge is 0.479 e. The summed E-state index contributed by atoms with van der Waals surface area (Å²) in [5.74, 6) is -1.81. The predicted molar refractivity (Wildman–Crippen MR) is 88.7 cm³/mol. The van der Waals surface area contributed by atoms with Crippen LogP contribution in [0.3, 0.4) is 0 Å². The molecule has 1 aliphatic rings. The maximum Gasteiger partial charge on any atom is 0.330 e. The Balaban J connectivity index is 1.99. The number of carbonyl (C=O) groups is 2. The number of piperidine rings is 1. The van der Waals surface area contributed by atoms with Crippen molar-refractivity contribution < 1.29 is 23.1 Å². The van der Waals surface area contributed by atoms with E-state index < -0.39 is 22.0 Å². The smallest absolute Gasteiger partial charge is 0.330 e. The highest BCUT2D eigenvalue weighted by Gasteiger charge is 2.32. The van der Waals surface area contributed by atoms with Gasteiger partial charge in [-0.15, -0.1) is 0 Å². The van der Waals surface area contributed by atoms with Gasteiger partial charge in [-0.1, -0.05) is 30.3 Å². The van der Waals surface area contributed by atoms with Crippen LogP contribution in [0.25, 0.3) is 0 Å². The lowest BCUT2D eigenvalue weighted by Crippen LogP contribution is -2.45. The summed E-state index contributed by atoms with van der Waals surface area (Å²) in [7, 11) is -3.24. The summed E-state index contributed by atoms with van der Waals surface area (Å²) >= 11 is 0. The van der Waals surface area contributed by atoms with Crippen molar-refractivity contribution >= 4 is 21.9 Å². The number of amides is 1. The van der Waals surface area contributed by atoms with E-state index in [9.17, 15) is 23.1 Å². The van der Waals surface area contributed by atoms with E-state index in [0.29, 0.717) is 18.4 Å². The number of sulfonamides is 1. The molecule has 24 heavy (non-hydrogen) atoms. The predicted octanol–water partition coefficient (Wildman–Crippen LogP) is 0.990. The molecule has 1 aromatic rings. The average Bonchev–Trinajstić information content (AvgIpc) is 2.60. The van der Waals surface area contributed by atoms with Gasteiger partial charge in [-0.2, -0.15) is 0 Å². The van der Waals surface area contributed by atoms with Crippen LogP contribution in [0.15, 0.2) is 30.3 Å². The zero-order valence-corrected chi connectivity index (χ0v) is 14.3. The Morgan fingerprint density at radius 3 is 2.33 bits per heavy atom. The summed E-state index contributed by atoms with van der Waals surface area (Å²) in [5.41, 5.74) is 0.504. The molecule has 0 saturated carbocycles. The van der Waals surface area contributed by atoms with Crippen molar-refractivity contribution in [1.82, 2.24) is 9.62 Å². The number of carbonyl (C=O) groups excluding carboxylic acids is 1. The minimum absolute atomic E-state index is 0.0406. The Hall–Kier alpha value is -1.93. The Morgan fingerprint density at radius 1 is 1.25 bits per heavy atom. The van der Waals surface area contributed by atoms with E-state index in [1.165, 1.54) is 4.31 Å². The Bertz CT molecular complexity index is 682. The lowest BCUT2D eigenvalue weighted by Gasteiger charge is -2.30. The number of carboxylic acids is 1. The molecule has 7 nitrogen and oxygen atoms in total. The Morgan fingerprint density at radius 2 is 1.83 bits per heavy atom. The lowest BCUT2D eigenvalue weighted by molar-refractivity contribution is -0.142. The maximum atomic E-state index is 12.4. The number of nitrogens with one attached hydrogen (secondary N) is 1. The van der Waals surface area contributed by atoms with Gasteiger partial charge in [-0.3, -0.25) is 4.79 Å². The monoisotopic (exact) mass is 354 g/mol. The molecule has 1 heterocycles. The fourth-order valence-corrected chi connectivity index (χ4v) is 3.90. The van der Waals surface area contributed by atoms with Crippen molar-refractivity contribution in [2.45, 2.75) is 25.8 Å². The van der Waals surface area contributed by atoms with Crippen LogP contribution in [-0.4, -0.2) is 48.5 Å². The highest BCUT2D eigenvalue weighted by atomic mass is 32.2. The number of hydrogen-bond donors (Lipinski definition) is 2. The minimum Gasteiger partial charge on any atom is -0.479 e. The number of nitrogens with zero attached hydrogens (tertiary/aromatic N) is 1. The molecule has 1 fully saturated rings. The summed E-state index contributed by atoms with van der Waals surface area (Å²) in [4.78, 5) is 23.8. The third kappa shape index (κ3) is 4.33. The molecule has 1 atom stereocenters. The molecule has 1 amide bonds. The van der Waals surface area contributed by atoms with Crippen molar-refractivity contribution in [3.05, 3.63) is 35.9 Å². The van der Waals surface area contributed by atoms with E-state index in [1.54, 1.807) is 37.3 Å².